The number of allylic oxidation sites excluding steroid dienone is 2. The Labute approximate surface area is 236 Å². The lowest BCUT2D eigenvalue weighted by Crippen LogP contribution is -2.16. The van der Waals surface area contributed by atoms with Crippen LogP contribution >= 0.6 is 0 Å². The molecule has 0 aliphatic heterocycles. The fourth-order valence-electron chi connectivity index (χ4n) is 4.67. The van der Waals surface area contributed by atoms with Crippen LogP contribution < -0.4 is 10.2 Å². The number of fused-ring (bicyclic) bond motifs is 1. The van der Waals surface area contributed by atoms with Crippen LogP contribution in [0.25, 0.3) is 22.3 Å². The van der Waals surface area contributed by atoms with Crippen LogP contribution in [-0.2, 0) is 4.79 Å². The van der Waals surface area contributed by atoms with E-state index in [-0.39, 0.29) is 40.4 Å². The molecule has 7 nitrogen and oxygen atoms in total. The van der Waals surface area contributed by atoms with Crippen molar-refractivity contribution >= 4 is 16.9 Å². The molecule has 0 spiro atoms. The van der Waals surface area contributed by atoms with Crippen molar-refractivity contribution in [2.24, 2.45) is 0 Å². The largest absolute Gasteiger partial charge is 0.508 e. The van der Waals surface area contributed by atoms with Crippen LogP contribution in [0.5, 0.6) is 23.0 Å². The first-order chi connectivity index (χ1) is 19.4. The third-order valence-electron chi connectivity index (χ3n) is 6.91. The maximum Gasteiger partial charge on any atom is 0.311 e. The quantitative estimate of drug-likeness (QED) is 0.0876. The summed E-state index contributed by atoms with van der Waals surface area (Å²) >= 11 is 0. The molecule has 2 aromatic carbocycles. The smallest absolute Gasteiger partial charge is 0.311 e. The van der Waals surface area contributed by atoms with Crippen LogP contribution in [0.2, 0.25) is 0 Å². The lowest BCUT2D eigenvalue weighted by Gasteiger charge is -2.11. The fraction of sp³-hybridized carbons (Fsp3) is 0.455. The molecule has 3 rings (SSSR count). The monoisotopic (exact) mass is 550 g/mol. The molecule has 216 valence electrons. The molecule has 7 heteroatoms. The van der Waals surface area contributed by atoms with Gasteiger partial charge in [0.05, 0.1) is 0 Å². The van der Waals surface area contributed by atoms with Crippen LogP contribution in [-0.4, -0.2) is 21.3 Å². The van der Waals surface area contributed by atoms with Gasteiger partial charge in [-0.05, 0) is 56.4 Å². The number of hydrogen-bond acceptors (Lipinski definition) is 7. The fourth-order valence-corrected chi connectivity index (χ4v) is 4.67. The van der Waals surface area contributed by atoms with E-state index < -0.39 is 17.1 Å². The molecule has 0 saturated heterocycles. The zero-order valence-corrected chi connectivity index (χ0v) is 23.5. The Bertz CT molecular complexity index is 1310. The first kappa shape index (κ1) is 30.8. The number of esters is 1. The minimum Gasteiger partial charge on any atom is -0.508 e. The maximum atomic E-state index is 13.2. The molecule has 0 amide bonds. The van der Waals surface area contributed by atoms with Crippen LogP contribution in [0.4, 0.5) is 0 Å². The van der Waals surface area contributed by atoms with E-state index in [0.29, 0.717) is 12.0 Å². The molecular weight excluding hydrogens is 508 g/mol. The Morgan fingerprint density at radius 3 is 2.05 bits per heavy atom. The van der Waals surface area contributed by atoms with Crippen LogP contribution in [0.3, 0.4) is 0 Å². The van der Waals surface area contributed by atoms with Crippen molar-refractivity contribution in [2.75, 3.05) is 0 Å². The highest BCUT2D eigenvalue weighted by molar-refractivity contribution is 5.89. The van der Waals surface area contributed by atoms with Crippen molar-refractivity contribution in [1.82, 2.24) is 0 Å². The van der Waals surface area contributed by atoms with Gasteiger partial charge >= 0.3 is 5.97 Å². The Hall–Kier alpha value is -3.74. The van der Waals surface area contributed by atoms with Gasteiger partial charge in [-0.1, -0.05) is 70.4 Å². The number of ether oxygens (including phenoxy) is 1. The van der Waals surface area contributed by atoms with Crippen LogP contribution in [0.1, 0.15) is 96.8 Å². The Morgan fingerprint density at radius 2 is 1.40 bits per heavy atom. The van der Waals surface area contributed by atoms with Gasteiger partial charge in [-0.15, -0.1) is 0 Å². The molecule has 0 saturated carbocycles. The Kier molecular flexibility index (Phi) is 12.6. The Morgan fingerprint density at radius 1 is 0.800 bits per heavy atom. The first-order valence-electron chi connectivity index (χ1n) is 14.6. The van der Waals surface area contributed by atoms with Gasteiger partial charge in [0.15, 0.2) is 5.76 Å². The van der Waals surface area contributed by atoms with Gasteiger partial charge in [0, 0.05) is 24.1 Å². The van der Waals surface area contributed by atoms with E-state index in [1.54, 1.807) is 0 Å². The topological polar surface area (TPSA) is 117 Å². The predicted molar refractivity (Wildman–Crippen MR) is 158 cm³/mol. The summed E-state index contributed by atoms with van der Waals surface area (Å²) in [6.45, 7) is 2.24. The average Bonchev–Trinajstić information content (AvgIpc) is 2.92. The molecule has 0 aliphatic carbocycles. The van der Waals surface area contributed by atoms with E-state index in [1.165, 1.54) is 75.3 Å². The van der Waals surface area contributed by atoms with E-state index >= 15 is 0 Å². The highest BCUT2D eigenvalue weighted by Gasteiger charge is 2.23. The molecule has 1 aromatic heterocycles. The lowest BCUT2D eigenvalue weighted by molar-refractivity contribution is -0.134. The van der Waals surface area contributed by atoms with Crippen molar-refractivity contribution in [3.8, 4) is 34.3 Å². The lowest BCUT2D eigenvalue weighted by atomic mass is 10.1. The molecule has 1 heterocycles. The number of rotatable bonds is 17. The third-order valence-corrected chi connectivity index (χ3v) is 6.91. The molecular formula is C33H42O7. The summed E-state index contributed by atoms with van der Waals surface area (Å²) in [7, 11) is 0. The van der Waals surface area contributed by atoms with E-state index in [2.05, 4.69) is 19.1 Å². The molecule has 0 bridgehead atoms. The van der Waals surface area contributed by atoms with Gasteiger partial charge in [0.2, 0.25) is 11.2 Å². The number of unbranched alkanes of at least 4 members (excludes halogenated alkanes) is 11. The van der Waals surface area contributed by atoms with Crippen molar-refractivity contribution in [2.45, 2.75) is 96.8 Å². The predicted octanol–water partition coefficient (Wildman–Crippen LogP) is 8.52. The minimum absolute atomic E-state index is 0.0184. The number of hydrogen-bond donors (Lipinski definition) is 3. The standard InChI is InChI=1S/C33H42O7/c1-2-3-4-5-6-7-8-9-10-11-12-13-14-15-16-17-29(37)40-33-31(38)30-27(36)22-26(35)23-28(30)39-32(33)24-18-20-25(34)21-19-24/h9-10,18-23,34-36H,2-8,11-17H2,1H3. The second kappa shape index (κ2) is 16.4. The number of aromatic hydroxyl groups is 3. The second-order valence-electron chi connectivity index (χ2n) is 10.3. The maximum absolute atomic E-state index is 13.2. The number of phenols is 3. The van der Waals surface area contributed by atoms with E-state index in [4.69, 9.17) is 9.15 Å². The van der Waals surface area contributed by atoms with Crippen LogP contribution in [0.15, 0.2) is 57.8 Å². The van der Waals surface area contributed by atoms with E-state index in [9.17, 15) is 24.9 Å². The average molecular weight is 551 g/mol. The summed E-state index contributed by atoms with van der Waals surface area (Å²) in [4.78, 5) is 25.9. The summed E-state index contributed by atoms with van der Waals surface area (Å²) < 4.78 is 11.3. The number of carbonyl (C=O) groups is 1. The summed E-state index contributed by atoms with van der Waals surface area (Å²) in [5.74, 6) is -1.67. The SMILES string of the molecule is CCCCCCCCC=CCCCCCCCC(=O)Oc1c(-c2ccc(O)cc2)oc2cc(O)cc(O)c2c1=O. The molecule has 0 aliphatic rings. The van der Waals surface area contributed by atoms with Crippen molar-refractivity contribution in [3.63, 3.8) is 0 Å². The van der Waals surface area contributed by atoms with Crippen molar-refractivity contribution in [3.05, 3.63) is 58.8 Å². The highest BCUT2D eigenvalue weighted by Crippen LogP contribution is 2.36. The Balaban J connectivity index is 1.47. The summed E-state index contributed by atoms with van der Waals surface area (Å²) in [6, 6.07) is 8.09. The first-order valence-corrected chi connectivity index (χ1v) is 14.6. The molecule has 0 unspecified atom stereocenters. The van der Waals surface area contributed by atoms with Crippen molar-refractivity contribution in [1.29, 1.82) is 0 Å². The van der Waals surface area contributed by atoms with Gasteiger partial charge in [-0.3, -0.25) is 9.59 Å². The molecule has 3 N–H and O–H groups in total. The highest BCUT2D eigenvalue weighted by atomic mass is 16.5. The molecule has 40 heavy (non-hydrogen) atoms. The number of benzene rings is 2. The second-order valence-corrected chi connectivity index (χ2v) is 10.3. The van der Waals surface area contributed by atoms with Crippen molar-refractivity contribution < 1.29 is 29.3 Å². The zero-order chi connectivity index (χ0) is 28.7. The molecule has 3 aromatic rings. The van der Waals surface area contributed by atoms with Gasteiger partial charge in [-0.25, -0.2) is 0 Å². The summed E-state index contributed by atoms with van der Waals surface area (Å²) in [6.07, 6.45) is 19.7. The molecule has 0 atom stereocenters. The van der Waals surface area contributed by atoms with Gasteiger partial charge in [-0.2, -0.15) is 0 Å². The van der Waals surface area contributed by atoms with E-state index in [0.717, 1.165) is 38.2 Å². The molecule has 0 radical (unpaired) electrons. The summed E-state index contributed by atoms with van der Waals surface area (Å²) in [5, 5.41) is 29.5. The minimum atomic E-state index is -0.722. The number of phenolic OH excluding ortho intramolecular Hbond substituents is 3. The zero-order valence-electron chi connectivity index (χ0n) is 23.5. The normalized spacial score (nSPS) is 11.4. The summed E-state index contributed by atoms with van der Waals surface area (Å²) in [5.41, 5.74) is -0.384. The molecule has 0 fully saturated rings. The van der Waals surface area contributed by atoms with E-state index in [1.807, 2.05) is 0 Å². The number of carbonyl (C=O) groups excluding carboxylic acids is 1. The van der Waals surface area contributed by atoms with Gasteiger partial charge in [0.1, 0.15) is 28.2 Å². The van der Waals surface area contributed by atoms with Gasteiger partial charge in [0.25, 0.3) is 0 Å². The van der Waals surface area contributed by atoms with Gasteiger partial charge < -0.3 is 24.5 Å². The van der Waals surface area contributed by atoms with Crippen LogP contribution in [0, 0.1) is 0 Å². The third kappa shape index (κ3) is 9.47.